The highest BCUT2D eigenvalue weighted by Crippen LogP contribution is 2.68. The van der Waals surface area contributed by atoms with Crippen molar-refractivity contribution >= 4 is 22.5 Å². The van der Waals surface area contributed by atoms with E-state index in [2.05, 4.69) is 31.1 Å². The van der Waals surface area contributed by atoms with Crippen LogP contribution < -0.4 is 5.32 Å². The van der Waals surface area contributed by atoms with Crippen LogP contribution in [0.1, 0.15) is 85.0 Å². The van der Waals surface area contributed by atoms with E-state index in [4.69, 9.17) is 0 Å². The van der Waals surface area contributed by atoms with Gasteiger partial charge in [0.25, 0.3) is 0 Å². The van der Waals surface area contributed by atoms with Gasteiger partial charge in [0.1, 0.15) is 0 Å². The Morgan fingerprint density at radius 3 is 2.76 bits per heavy atom. The molecule has 4 fully saturated rings. The number of hydrogen-bond acceptors (Lipinski definition) is 3. The second-order valence-electron chi connectivity index (χ2n) is 13.7. The maximum absolute atomic E-state index is 12.8. The lowest BCUT2D eigenvalue weighted by atomic mass is 9.43. The molecule has 202 valence electrons. The van der Waals surface area contributed by atoms with E-state index in [0.29, 0.717) is 41.9 Å². The molecular formula is C32H46N2O3. The number of aromatic amines is 1. The third-order valence-electron chi connectivity index (χ3n) is 12.2. The van der Waals surface area contributed by atoms with E-state index in [-0.39, 0.29) is 28.9 Å². The van der Waals surface area contributed by atoms with Crippen LogP contribution in [0.15, 0.2) is 30.5 Å². The Labute approximate surface area is 221 Å². The molecule has 0 saturated heterocycles. The zero-order valence-corrected chi connectivity index (χ0v) is 22.9. The van der Waals surface area contributed by atoms with Gasteiger partial charge in [-0.15, -0.1) is 0 Å². The molecule has 5 nitrogen and oxygen atoms in total. The molecule has 2 aromatic rings. The van der Waals surface area contributed by atoms with Crippen molar-refractivity contribution in [2.45, 2.75) is 97.2 Å². The fourth-order valence-electron chi connectivity index (χ4n) is 10.1. The van der Waals surface area contributed by atoms with Crippen molar-refractivity contribution in [3.63, 3.8) is 0 Å². The maximum atomic E-state index is 12.8. The van der Waals surface area contributed by atoms with Gasteiger partial charge in [-0.05, 0) is 128 Å². The first-order chi connectivity index (χ1) is 17.7. The first-order valence-electron chi connectivity index (χ1n) is 14.9. The van der Waals surface area contributed by atoms with Crippen molar-refractivity contribution in [1.29, 1.82) is 0 Å². The van der Waals surface area contributed by atoms with Gasteiger partial charge in [-0.2, -0.15) is 0 Å². The molecule has 6 rings (SSSR count). The number of nitrogens with one attached hydrogen (secondary N) is 2. The second kappa shape index (κ2) is 9.41. The summed E-state index contributed by atoms with van der Waals surface area (Å²) < 4.78 is 0. The van der Waals surface area contributed by atoms with Gasteiger partial charge in [0.15, 0.2) is 0 Å². The van der Waals surface area contributed by atoms with E-state index in [1.807, 2.05) is 30.5 Å². The Morgan fingerprint density at radius 1 is 1.08 bits per heavy atom. The summed E-state index contributed by atoms with van der Waals surface area (Å²) in [6.45, 7) is 7.19. The lowest BCUT2D eigenvalue weighted by molar-refractivity contribution is -0.174. The molecule has 0 radical (unpaired) electrons. The Bertz CT molecular complexity index is 1140. The summed E-state index contributed by atoms with van der Waals surface area (Å²) in [5.74, 6) is 3.44. The highest BCUT2D eigenvalue weighted by Gasteiger charge is 2.63. The van der Waals surface area contributed by atoms with E-state index in [1.54, 1.807) is 0 Å². The molecule has 1 amide bonds. The lowest BCUT2D eigenvalue weighted by Crippen LogP contribution is -2.58. The van der Waals surface area contributed by atoms with Crippen LogP contribution in [0.4, 0.5) is 5.69 Å². The number of anilines is 1. The van der Waals surface area contributed by atoms with E-state index in [9.17, 15) is 15.0 Å². The third-order valence-corrected chi connectivity index (χ3v) is 12.2. The predicted octanol–water partition coefficient (Wildman–Crippen LogP) is 6.51. The standard InChI is InChI=1S/C32H46N2O3/c1-19(4-11-30(37)34-22-7-5-20-13-15-33-28(20)17-22)25-9-10-26-24-8-6-21-16-23(35)12-14-31(21,2)27(24)18-29(36)32(25,26)3/h5,7,13,15,17,19,21,23-27,29,33,35-36H,4,6,8-12,14,16,18H2,1-3H3,(H,34,37)/t19-,21-,23-,24+,25-,26+,27+,29+,31+,32-/m1/s1. The molecule has 10 atom stereocenters. The number of hydrogen-bond donors (Lipinski definition) is 4. The molecule has 5 heteroatoms. The summed E-state index contributed by atoms with van der Waals surface area (Å²) >= 11 is 0. The van der Waals surface area contributed by atoms with Crippen LogP contribution in [0.5, 0.6) is 0 Å². The number of H-pyrrole nitrogens is 1. The van der Waals surface area contributed by atoms with E-state index in [1.165, 1.54) is 25.7 Å². The van der Waals surface area contributed by atoms with Crippen LogP contribution in [-0.4, -0.2) is 33.3 Å². The zero-order chi connectivity index (χ0) is 25.9. The summed E-state index contributed by atoms with van der Waals surface area (Å²) in [6, 6.07) is 8.03. The minimum absolute atomic E-state index is 0.0485. The molecule has 0 bridgehead atoms. The highest BCUT2D eigenvalue weighted by atomic mass is 16.3. The molecule has 4 aliphatic rings. The van der Waals surface area contributed by atoms with Gasteiger partial charge in [0.05, 0.1) is 12.2 Å². The average molecular weight is 507 g/mol. The third kappa shape index (κ3) is 4.16. The van der Waals surface area contributed by atoms with Gasteiger partial charge in [0.2, 0.25) is 5.91 Å². The Kier molecular flexibility index (Phi) is 6.47. The van der Waals surface area contributed by atoms with Crippen LogP contribution in [0.25, 0.3) is 10.9 Å². The van der Waals surface area contributed by atoms with Gasteiger partial charge < -0.3 is 20.5 Å². The van der Waals surface area contributed by atoms with Gasteiger partial charge in [0, 0.05) is 23.8 Å². The van der Waals surface area contributed by atoms with Crippen LogP contribution in [0, 0.1) is 46.3 Å². The number of aliphatic hydroxyl groups excluding tert-OH is 2. The first kappa shape index (κ1) is 25.4. The van der Waals surface area contributed by atoms with Gasteiger partial charge >= 0.3 is 0 Å². The van der Waals surface area contributed by atoms with Gasteiger partial charge in [-0.1, -0.05) is 26.8 Å². The van der Waals surface area contributed by atoms with Crippen LogP contribution in [0.3, 0.4) is 0 Å². The number of aromatic nitrogens is 1. The minimum Gasteiger partial charge on any atom is -0.393 e. The number of amides is 1. The summed E-state index contributed by atoms with van der Waals surface area (Å²) in [5, 5.41) is 26.3. The fraction of sp³-hybridized carbons (Fsp3) is 0.719. The maximum Gasteiger partial charge on any atom is 0.224 e. The molecule has 4 aliphatic carbocycles. The number of benzene rings is 1. The first-order valence-corrected chi connectivity index (χ1v) is 14.9. The predicted molar refractivity (Wildman–Crippen MR) is 148 cm³/mol. The summed E-state index contributed by atoms with van der Waals surface area (Å²) in [6.07, 6.45) is 11.7. The minimum atomic E-state index is -0.266. The van der Waals surface area contributed by atoms with E-state index in [0.717, 1.165) is 48.7 Å². The topological polar surface area (TPSA) is 85.4 Å². The molecule has 37 heavy (non-hydrogen) atoms. The SMILES string of the molecule is C[C@H](CCC(=O)Nc1ccc2cc[nH]c2c1)[C@H]1CC[C@H]2[C@@H]3CC[C@@H]4C[C@H](O)CC[C@]4(C)[C@H]3C[C@H](O)[C@]12C. The molecular weight excluding hydrogens is 460 g/mol. The number of fused-ring (bicyclic) bond motifs is 6. The van der Waals surface area contributed by atoms with Crippen LogP contribution >= 0.6 is 0 Å². The van der Waals surface area contributed by atoms with Crippen molar-refractivity contribution < 1.29 is 15.0 Å². The van der Waals surface area contributed by atoms with Gasteiger partial charge in [-0.25, -0.2) is 0 Å². The number of carbonyl (C=O) groups excluding carboxylic acids is 1. The lowest BCUT2D eigenvalue weighted by Gasteiger charge is -2.62. The normalized spacial score (nSPS) is 42.0. The molecule has 1 aromatic carbocycles. The van der Waals surface area contributed by atoms with Crippen molar-refractivity contribution in [1.82, 2.24) is 4.98 Å². The largest absolute Gasteiger partial charge is 0.393 e. The van der Waals surface area contributed by atoms with Crippen LogP contribution in [0.2, 0.25) is 0 Å². The summed E-state index contributed by atoms with van der Waals surface area (Å²) in [7, 11) is 0. The molecule has 0 aliphatic heterocycles. The Hall–Kier alpha value is -1.85. The van der Waals surface area contributed by atoms with Crippen molar-refractivity contribution in [3.8, 4) is 0 Å². The number of aliphatic hydroxyl groups is 2. The quantitative estimate of drug-likeness (QED) is 0.373. The molecule has 4 N–H and O–H groups in total. The molecule has 1 aromatic heterocycles. The number of rotatable bonds is 5. The average Bonchev–Trinajstić information content (AvgIpc) is 3.48. The van der Waals surface area contributed by atoms with Crippen molar-refractivity contribution in [2.75, 3.05) is 5.32 Å². The Morgan fingerprint density at radius 2 is 1.92 bits per heavy atom. The zero-order valence-electron chi connectivity index (χ0n) is 22.9. The summed E-state index contributed by atoms with van der Waals surface area (Å²) in [4.78, 5) is 16.0. The number of carbonyl (C=O) groups is 1. The molecule has 1 heterocycles. The van der Waals surface area contributed by atoms with Crippen LogP contribution in [-0.2, 0) is 4.79 Å². The van der Waals surface area contributed by atoms with Crippen molar-refractivity contribution in [2.24, 2.45) is 46.3 Å². The van der Waals surface area contributed by atoms with E-state index >= 15 is 0 Å². The van der Waals surface area contributed by atoms with Gasteiger partial charge in [-0.3, -0.25) is 4.79 Å². The smallest absolute Gasteiger partial charge is 0.224 e. The Balaban J connectivity index is 1.11. The fourth-order valence-corrected chi connectivity index (χ4v) is 10.1. The second-order valence-corrected chi connectivity index (χ2v) is 13.7. The molecule has 4 saturated carbocycles. The summed E-state index contributed by atoms with van der Waals surface area (Å²) in [5.41, 5.74) is 2.10. The monoisotopic (exact) mass is 506 g/mol. The van der Waals surface area contributed by atoms with Crippen molar-refractivity contribution in [3.05, 3.63) is 30.5 Å². The molecule has 0 spiro atoms. The highest BCUT2D eigenvalue weighted by molar-refractivity contribution is 5.93. The molecule has 0 unspecified atom stereocenters. The van der Waals surface area contributed by atoms with E-state index < -0.39 is 0 Å².